The fourth-order valence-electron chi connectivity index (χ4n) is 2.76. The van der Waals surface area contributed by atoms with Crippen molar-refractivity contribution in [3.63, 3.8) is 0 Å². The van der Waals surface area contributed by atoms with E-state index in [4.69, 9.17) is 5.73 Å². The van der Waals surface area contributed by atoms with Crippen molar-refractivity contribution in [2.24, 2.45) is 5.73 Å². The molecular weight excluding hydrogens is 309 g/mol. The minimum Gasteiger partial charge on any atom is -0.365 e. The van der Waals surface area contributed by atoms with Crippen molar-refractivity contribution in [3.05, 3.63) is 47.2 Å². The van der Waals surface area contributed by atoms with Crippen molar-refractivity contribution in [2.75, 3.05) is 5.32 Å². The maximum Gasteiger partial charge on any atom is 0.410 e. The summed E-state index contributed by atoms with van der Waals surface area (Å²) in [6.45, 7) is 1.90. The molecular formula is C15H15F3N4O. The molecule has 0 radical (unpaired) electrons. The number of amides is 1. The number of carbonyl (C=O) groups is 1. The highest BCUT2D eigenvalue weighted by Gasteiger charge is 2.47. The lowest BCUT2D eigenvalue weighted by molar-refractivity contribution is -0.173. The highest BCUT2D eigenvalue weighted by atomic mass is 19.4. The van der Waals surface area contributed by atoms with Crippen LogP contribution in [0.5, 0.6) is 0 Å². The molecule has 3 N–H and O–H groups in total. The number of nitrogens with zero attached hydrogens (tertiary/aromatic N) is 2. The van der Waals surface area contributed by atoms with Gasteiger partial charge in [0.2, 0.25) is 0 Å². The molecule has 2 heterocycles. The third kappa shape index (κ3) is 2.76. The molecule has 1 aromatic carbocycles. The Kier molecular flexibility index (Phi) is 3.54. The largest absolute Gasteiger partial charge is 0.410 e. The highest BCUT2D eigenvalue weighted by Crippen LogP contribution is 2.44. The van der Waals surface area contributed by atoms with Gasteiger partial charge in [0.1, 0.15) is 11.4 Å². The van der Waals surface area contributed by atoms with Gasteiger partial charge in [0.15, 0.2) is 6.04 Å². The molecule has 2 aromatic rings. The SMILES string of the molecule is Cc1ccc([C@H]2C[C@H](C(F)(F)F)n3ncc(C(N)=O)c3N2)cc1. The molecule has 8 heteroatoms. The standard InChI is InChI=1S/C15H15F3N4O/c1-8-2-4-9(5-3-8)11-6-12(15(16,17)18)22-14(21-11)10(7-20-22)13(19)23/h2-5,7,11-12,21H,6H2,1H3,(H2,19,23)/t11-,12-/m1/s1. The number of carbonyl (C=O) groups excluding carboxylic acids is 1. The Bertz CT molecular complexity index is 736. The maximum atomic E-state index is 13.4. The predicted molar refractivity (Wildman–Crippen MR) is 78.0 cm³/mol. The second kappa shape index (κ2) is 5.29. The number of primary amides is 1. The first kappa shape index (κ1) is 15.4. The van der Waals surface area contributed by atoms with Gasteiger partial charge in [0.25, 0.3) is 5.91 Å². The molecule has 0 saturated heterocycles. The van der Waals surface area contributed by atoms with E-state index in [1.165, 1.54) is 0 Å². The van der Waals surface area contributed by atoms with Gasteiger partial charge in [-0.15, -0.1) is 0 Å². The van der Waals surface area contributed by atoms with Crippen LogP contribution in [-0.2, 0) is 0 Å². The Labute approximate surface area is 130 Å². The third-order valence-electron chi connectivity index (χ3n) is 3.98. The van der Waals surface area contributed by atoms with E-state index in [0.717, 1.165) is 16.4 Å². The molecule has 1 amide bonds. The Morgan fingerprint density at radius 1 is 1.35 bits per heavy atom. The number of nitrogens with two attached hydrogens (primary N) is 1. The summed E-state index contributed by atoms with van der Waals surface area (Å²) in [5.41, 5.74) is 6.91. The normalized spacial score (nSPS) is 20.7. The smallest absolute Gasteiger partial charge is 0.365 e. The number of hydrogen-bond acceptors (Lipinski definition) is 3. The van der Waals surface area contributed by atoms with Crippen molar-refractivity contribution in [1.29, 1.82) is 0 Å². The first-order chi connectivity index (χ1) is 10.8. The van der Waals surface area contributed by atoms with Crippen LogP contribution in [0.2, 0.25) is 0 Å². The van der Waals surface area contributed by atoms with Gasteiger partial charge in [-0.1, -0.05) is 29.8 Å². The van der Waals surface area contributed by atoms with Crippen molar-refractivity contribution in [1.82, 2.24) is 9.78 Å². The average Bonchev–Trinajstić information content (AvgIpc) is 2.89. The number of hydrogen-bond donors (Lipinski definition) is 2. The predicted octanol–water partition coefficient (Wildman–Crippen LogP) is 2.95. The molecule has 1 aromatic heterocycles. The zero-order chi connectivity index (χ0) is 16.8. The van der Waals surface area contributed by atoms with E-state index < -0.39 is 24.2 Å². The molecule has 1 aliphatic heterocycles. The van der Waals surface area contributed by atoms with Crippen LogP contribution in [0, 0.1) is 6.92 Å². The van der Waals surface area contributed by atoms with E-state index in [2.05, 4.69) is 10.4 Å². The number of fused-ring (bicyclic) bond motifs is 1. The zero-order valence-corrected chi connectivity index (χ0v) is 12.3. The Morgan fingerprint density at radius 2 is 2.00 bits per heavy atom. The molecule has 0 saturated carbocycles. The summed E-state index contributed by atoms with van der Waals surface area (Å²) < 4.78 is 40.9. The lowest BCUT2D eigenvalue weighted by Gasteiger charge is -2.34. The first-order valence-electron chi connectivity index (χ1n) is 7.04. The Morgan fingerprint density at radius 3 is 2.57 bits per heavy atom. The van der Waals surface area contributed by atoms with E-state index in [-0.39, 0.29) is 17.8 Å². The number of alkyl halides is 3. The molecule has 3 rings (SSSR count). The second-order valence-corrected chi connectivity index (χ2v) is 5.62. The van der Waals surface area contributed by atoms with Crippen molar-refractivity contribution in [2.45, 2.75) is 31.6 Å². The number of benzene rings is 1. The van der Waals surface area contributed by atoms with Gasteiger partial charge in [-0.2, -0.15) is 18.3 Å². The third-order valence-corrected chi connectivity index (χ3v) is 3.98. The van der Waals surface area contributed by atoms with Gasteiger partial charge < -0.3 is 11.1 Å². The summed E-state index contributed by atoms with van der Waals surface area (Å²) in [7, 11) is 0. The molecule has 0 fully saturated rings. The summed E-state index contributed by atoms with van der Waals surface area (Å²) in [5, 5.41) is 6.67. The molecule has 5 nitrogen and oxygen atoms in total. The van der Waals surface area contributed by atoms with Crippen LogP contribution in [0.25, 0.3) is 0 Å². The average molecular weight is 324 g/mol. The van der Waals surface area contributed by atoms with Crippen LogP contribution < -0.4 is 11.1 Å². The number of rotatable bonds is 2. The van der Waals surface area contributed by atoms with Crippen LogP contribution in [0.15, 0.2) is 30.5 Å². The van der Waals surface area contributed by atoms with Crippen LogP contribution in [0.3, 0.4) is 0 Å². The summed E-state index contributed by atoms with van der Waals surface area (Å²) in [6.07, 6.45) is -3.61. The van der Waals surface area contributed by atoms with E-state index in [1.807, 2.05) is 19.1 Å². The summed E-state index contributed by atoms with van der Waals surface area (Å²) in [4.78, 5) is 11.4. The van der Waals surface area contributed by atoms with Gasteiger partial charge in [-0.3, -0.25) is 4.79 Å². The van der Waals surface area contributed by atoms with Crippen molar-refractivity contribution >= 4 is 11.7 Å². The van der Waals surface area contributed by atoms with Crippen molar-refractivity contribution in [3.8, 4) is 0 Å². The topological polar surface area (TPSA) is 72.9 Å². The Balaban J connectivity index is 2.05. The molecule has 23 heavy (non-hydrogen) atoms. The maximum absolute atomic E-state index is 13.4. The number of aromatic nitrogens is 2. The minimum absolute atomic E-state index is 0.0108. The van der Waals surface area contributed by atoms with Crippen molar-refractivity contribution < 1.29 is 18.0 Å². The molecule has 2 atom stereocenters. The molecule has 0 spiro atoms. The van der Waals surface area contributed by atoms with E-state index in [9.17, 15) is 18.0 Å². The van der Waals surface area contributed by atoms with E-state index in [1.54, 1.807) is 12.1 Å². The molecule has 1 aliphatic rings. The molecule has 0 unspecified atom stereocenters. The monoisotopic (exact) mass is 324 g/mol. The fraction of sp³-hybridized carbons (Fsp3) is 0.333. The molecule has 122 valence electrons. The van der Waals surface area contributed by atoms with Gasteiger partial charge in [-0.25, -0.2) is 4.68 Å². The summed E-state index contributed by atoms with van der Waals surface area (Å²) in [5.74, 6) is -0.805. The van der Waals surface area contributed by atoms with Crippen LogP contribution >= 0.6 is 0 Å². The number of aryl methyl sites for hydroxylation is 1. The highest BCUT2D eigenvalue weighted by molar-refractivity contribution is 5.97. The lowest BCUT2D eigenvalue weighted by Crippen LogP contribution is -2.36. The van der Waals surface area contributed by atoms with Crippen LogP contribution in [-0.4, -0.2) is 21.9 Å². The van der Waals surface area contributed by atoms with Gasteiger partial charge in [0.05, 0.1) is 12.2 Å². The quantitative estimate of drug-likeness (QED) is 0.892. The van der Waals surface area contributed by atoms with E-state index >= 15 is 0 Å². The summed E-state index contributed by atoms with van der Waals surface area (Å²) in [6, 6.07) is 4.83. The van der Waals surface area contributed by atoms with Gasteiger partial charge in [0, 0.05) is 6.42 Å². The lowest BCUT2D eigenvalue weighted by atomic mass is 9.96. The minimum atomic E-state index is -4.47. The van der Waals surface area contributed by atoms with Gasteiger partial charge in [-0.05, 0) is 12.5 Å². The molecule has 0 aliphatic carbocycles. The van der Waals surface area contributed by atoms with Gasteiger partial charge >= 0.3 is 6.18 Å². The first-order valence-corrected chi connectivity index (χ1v) is 7.04. The summed E-state index contributed by atoms with van der Waals surface area (Å²) >= 11 is 0. The zero-order valence-electron chi connectivity index (χ0n) is 12.3. The molecule has 0 bridgehead atoms. The second-order valence-electron chi connectivity index (χ2n) is 5.62. The fourth-order valence-corrected chi connectivity index (χ4v) is 2.76. The number of halogens is 3. The van der Waals surface area contributed by atoms with Crippen LogP contribution in [0.4, 0.5) is 19.0 Å². The van der Waals surface area contributed by atoms with Crippen LogP contribution in [0.1, 0.15) is 40.0 Å². The number of anilines is 1. The van der Waals surface area contributed by atoms with E-state index in [0.29, 0.717) is 5.56 Å². The number of nitrogens with one attached hydrogen (secondary N) is 1. The Hall–Kier alpha value is -2.51.